The van der Waals surface area contributed by atoms with Gasteiger partial charge in [0.05, 0.1) is 5.56 Å². The molecular weight excluding hydrogens is 270 g/mol. The average molecular weight is 280 g/mol. The first kappa shape index (κ1) is 13.5. The summed E-state index contributed by atoms with van der Waals surface area (Å²) in [5, 5.41) is 8.81. The van der Waals surface area contributed by atoms with Crippen LogP contribution in [0.3, 0.4) is 0 Å². The standard InChI is InChI=1S/C14H10F2O2S/c15-12-4-2-1-3-9(12)8-19-10-5-6-13(16)11(7-10)14(17)18/h1-7H,8H2,(H,17,18). The fourth-order valence-corrected chi connectivity index (χ4v) is 2.46. The van der Waals surface area contributed by atoms with Gasteiger partial charge in [-0.3, -0.25) is 0 Å². The summed E-state index contributed by atoms with van der Waals surface area (Å²) in [7, 11) is 0. The molecule has 0 amide bonds. The van der Waals surface area contributed by atoms with E-state index in [0.29, 0.717) is 16.2 Å². The van der Waals surface area contributed by atoms with Crippen molar-refractivity contribution in [3.8, 4) is 0 Å². The van der Waals surface area contributed by atoms with Gasteiger partial charge in [-0.2, -0.15) is 0 Å². The molecule has 0 bridgehead atoms. The highest BCUT2D eigenvalue weighted by atomic mass is 32.2. The number of thioether (sulfide) groups is 1. The van der Waals surface area contributed by atoms with Crippen LogP contribution in [0.25, 0.3) is 0 Å². The molecule has 0 radical (unpaired) electrons. The Morgan fingerprint density at radius 2 is 1.84 bits per heavy atom. The lowest BCUT2D eigenvalue weighted by Crippen LogP contribution is -2.00. The molecule has 19 heavy (non-hydrogen) atoms. The maximum atomic E-state index is 13.4. The van der Waals surface area contributed by atoms with Gasteiger partial charge in [0.2, 0.25) is 0 Å². The third kappa shape index (κ3) is 3.32. The maximum Gasteiger partial charge on any atom is 0.338 e. The van der Waals surface area contributed by atoms with Crippen LogP contribution < -0.4 is 0 Å². The number of rotatable bonds is 4. The topological polar surface area (TPSA) is 37.3 Å². The Morgan fingerprint density at radius 1 is 1.11 bits per heavy atom. The van der Waals surface area contributed by atoms with Crippen molar-refractivity contribution in [1.29, 1.82) is 0 Å². The summed E-state index contributed by atoms with van der Waals surface area (Å²) in [6.45, 7) is 0. The van der Waals surface area contributed by atoms with Gasteiger partial charge in [-0.15, -0.1) is 11.8 Å². The van der Waals surface area contributed by atoms with E-state index in [4.69, 9.17) is 5.11 Å². The molecular formula is C14H10F2O2S. The zero-order valence-electron chi connectivity index (χ0n) is 9.77. The van der Waals surface area contributed by atoms with Crippen LogP contribution in [0.1, 0.15) is 15.9 Å². The van der Waals surface area contributed by atoms with Crippen molar-refractivity contribution in [3.63, 3.8) is 0 Å². The molecule has 2 nitrogen and oxygen atoms in total. The van der Waals surface area contributed by atoms with Gasteiger partial charge in [0, 0.05) is 10.6 Å². The van der Waals surface area contributed by atoms with Crippen molar-refractivity contribution in [3.05, 3.63) is 65.2 Å². The minimum Gasteiger partial charge on any atom is -0.478 e. The van der Waals surface area contributed by atoms with Crippen molar-refractivity contribution in [2.24, 2.45) is 0 Å². The number of benzene rings is 2. The Kier molecular flexibility index (Phi) is 4.16. The first-order chi connectivity index (χ1) is 9.08. The van der Waals surface area contributed by atoms with E-state index in [1.54, 1.807) is 18.2 Å². The SMILES string of the molecule is O=C(O)c1cc(SCc2ccccc2F)ccc1F. The van der Waals surface area contributed by atoms with Gasteiger partial charge in [0.15, 0.2) is 0 Å². The van der Waals surface area contributed by atoms with E-state index >= 15 is 0 Å². The Bertz CT molecular complexity index is 614. The normalized spacial score (nSPS) is 10.4. The van der Waals surface area contributed by atoms with Crippen LogP contribution in [0.2, 0.25) is 0 Å². The van der Waals surface area contributed by atoms with E-state index < -0.39 is 11.8 Å². The Morgan fingerprint density at radius 3 is 2.53 bits per heavy atom. The summed E-state index contributed by atoms with van der Waals surface area (Å²) in [6, 6.07) is 10.2. The summed E-state index contributed by atoms with van der Waals surface area (Å²) in [4.78, 5) is 11.4. The third-order valence-corrected chi connectivity index (χ3v) is 3.56. The van der Waals surface area contributed by atoms with Crippen molar-refractivity contribution in [2.75, 3.05) is 0 Å². The molecule has 2 rings (SSSR count). The zero-order chi connectivity index (χ0) is 13.8. The molecule has 0 saturated carbocycles. The van der Waals surface area contributed by atoms with E-state index in [-0.39, 0.29) is 11.4 Å². The van der Waals surface area contributed by atoms with Gasteiger partial charge in [-0.1, -0.05) is 18.2 Å². The molecule has 0 saturated heterocycles. The summed E-state index contributed by atoms with van der Waals surface area (Å²) in [5.74, 6) is -2.04. The van der Waals surface area contributed by atoms with Gasteiger partial charge < -0.3 is 5.11 Å². The van der Waals surface area contributed by atoms with Crippen LogP contribution >= 0.6 is 11.8 Å². The van der Waals surface area contributed by atoms with E-state index in [2.05, 4.69) is 0 Å². The molecule has 0 spiro atoms. The van der Waals surface area contributed by atoms with Crippen molar-refractivity contribution >= 4 is 17.7 Å². The van der Waals surface area contributed by atoms with Gasteiger partial charge >= 0.3 is 5.97 Å². The largest absolute Gasteiger partial charge is 0.478 e. The predicted molar refractivity (Wildman–Crippen MR) is 69.3 cm³/mol. The van der Waals surface area contributed by atoms with Crippen molar-refractivity contribution in [2.45, 2.75) is 10.6 Å². The van der Waals surface area contributed by atoms with Gasteiger partial charge in [-0.05, 0) is 29.8 Å². The summed E-state index contributed by atoms with van der Waals surface area (Å²) < 4.78 is 26.6. The van der Waals surface area contributed by atoms with Gasteiger partial charge in [-0.25, -0.2) is 13.6 Å². The Balaban J connectivity index is 2.14. The molecule has 0 unspecified atom stereocenters. The molecule has 0 aliphatic rings. The van der Waals surface area contributed by atoms with Crippen LogP contribution in [0.5, 0.6) is 0 Å². The summed E-state index contributed by atoms with van der Waals surface area (Å²) >= 11 is 1.26. The van der Waals surface area contributed by atoms with Crippen molar-refractivity contribution in [1.82, 2.24) is 0 Å². The van der Waals surface area contributed by atoms with E-state index in [1.165, 1.54) is 30.0 Å². The average Bonchev–Trinajstić information content (AvgIpc) is 2.39. The van der Waals surface area contributed by atoms with Gasteiger partial charge in [0.1, 0.15) is 11.6 Å². The smallest absolute Gasteiger partial charge is 0.338 e. The minimum atomic E-state index is -1.31. The zero-order valence-corrected chi connectivity index (χ0v) is 10.6. The first-order valence-corrected chi connectivity index (χ1v) is 6.45. The van der Waals surface area contributed by atoms with Crippen LogP contribution in [-0.4, -0.2) is 11.1 Å². The summed E-state index contributed by atoms with van der Waals surface area (Å²) in [6.07, 6.45) is 0. The number of hydrogen-bond acceptors (Lipinski definition) is 2. The molecule has 98 valence electrons. The molecule has 2 aromatic rings. The highest BCUT2D eigenvalue weighted by molar-refractivity contribution is 7.98. The molecule has 2 aromatic carbocycles. The summed E-state index contributed by atoms with van der Waals surface area (Å²) in [5.41, 5.74) is 0.146. The second kappa shape index (κ2) is 5.84. The number of halogens is 2. The van der Waals surface area contributed by atoms with E-state index in [0.717, 1.165) is 6.07 Å². The fraction of sp³-hybridized carbons (Fsp3) is 0.0714. The van der Waals surface area contributed by atoms with Crippen LogP contribution in [0.15, 0.2) is 47.4 Å². The lowest BCUT2D eigenvalue weighted by Gasteiger charge is -2.05. The highest BCUT2D eigenvalue weighted by Gasteiger charge is 2.11. The molecule has 0 aliphatic heterocycles. The number of carboxylic acids is 1. The lowest BCUT2D eigenvalue weighted by molar-refractivity contribution is 0.0691. The molecule has 0 aliphatic carbocycles. The molecule has 0 aromatic heterocycles. The monoisotopic (exact) mass is 280 g/mol. The van der Waals surface area contributed by atoms with Gasteiger partial charge in [0.25, 0.3) is 0 Å². The van der Waals surface area contributed by atoms with E-state index in [1.807, 2.05) is 0 Å². The second-order valence-corrected chi connectivity index (χ2v) is 4.88. The van der Waals surface area contributed by atoms with Crippen LogP contribution in [-0.2, 0) is 5.75 Å². The molecule has 5 heteroatoms. The predicted octanol–water partition coefficient (Wildman–Crippen LogP) is 3.96. The number of carboxylic acid groups (broad SMARTS) is 1. The Labute approximate surface area is 113 Å². The van der Waals surface area contributed by atoms with Crippen LogP contribution in [0, 0.1) is 11.6 Å². The highest BCUT2D eigenvalue weighted by Crippen LogP contribution is 2.25. The van der Waals surface area contributed by atoms with E-state index in [9.17, 15) is 13.6 Å². The maximum absolute atomic E-state index is 13.4. The lowest BCUT2D eigenvalue weighted by atomic mass is 10.2. The first-order valence-electron chi connectivity index (χ1n) is 5.47. The number of hydrogen-bond donors (Lipinski definition) is 1. The number of aromatic carboxylic acids is 1. The molecule has 0 heterocycles. The quantitative estimate of drug-likeness (QED) is 0.861. The molecule has 0 fully saturated rings. The fourth-order valence-electron chi connectivity index (χ4n) is 1.53. The number of carbonyl (C=O) groups is 1. The molecule has 0 atom stereocenters. The van der Waals surface area contributed by atoms with Crippen LogP contribution in [0.4, 0.5) is 8.78 Å². The second-order valence-electron chi connectivity index (χ2n) is 3.83. The Hall–Kier alpha value is -1.88. The minimum absolute atomic E-state index is 0.310. The molecule has 1 N–H and O–H groups in total. The van der Waals surface area contributed by atoms with Crippen molar-refractivity contribution < 1.29 is 18.7 Å². The third-order valence-electron chi connectivity index (χ3n) is 2.52.